The number of fused-ring (bicyclic) bond motifs is 1. The highest BCUT2D eigenvalue weighted by Gasteiger charge is 2.22. The molecule has 2 heterocycles. The Morgan fingerprint density at radius 1 is 1.71 bits per heavy atom. The predicted molar refractivity (Wildman–Crippen MR) is 53.0 cm³/mol. The smallest absolute Gasteiger partial charge is 0.237 e. The molecule has 1 aromatic rings. The number of hydrogen-bond donors (Lipinski definition) is 0. The minimum atomic E-state index is -0.00137. The highest BCUT2D eigenvalue weighted by atomic mass is 35.5. The topological polar surface area (TPSA) is 38.1 Å². The van der Waals surface area contributed by atoms with E-state index in [1.54, 1.807) is 11.2 Å². The van der Waals surface area contributed by atoms with Crippen LogP contribution in [0.25, 0.3) is 0 Å². The Bertz CT molecular complexity index is 361. The molecule has 1 aliphatic heterocycles. The Morgan fingerprint density at radius 3 is 3.21 bits per heavy atom. The van der Waals surface area contributed by atoms with E-state index in [4.69, 9.17) is 11.6 Å². The fourth-order valence-corrected chi connectivity index (χ4v) is 1.88. The molecule has 2 rings (SSSR count). The van der Waals surface area contributed by atoms with E-state index in [9.17, 15) is 4.79 Å². The number of carbonyl (C=O) groups is 1. The van der Waals surface area contributed by atoms with Crippen LogP contribution in [-0.4, -0.2) is 32.8 Å². The van der Waals surface area contributed by atoms with E-state index in [1.165, 1.54) is 0 Å². The van der Waals surface area contributed by atoms with Crippen molar-refractivity contribution in [3.05, 3.63) is 17.7 Å². The maximum Gasteiger partial charge on any atom is 0.237 e. The third-order valence-corrected chi connectivity index (χ3v) is 2.80. The lowest BCUT2D eigenvalue weighted by atomic mass is 10.1. The Morgan fingerprint density at radius 2 is 2.50 bits per heavy atom. The lowest BCUT2D eigenvalue weighted by molar-refractivity contribution is -0.129. The van der Waals surface area contributed by atoms with Crippen molar-refractivity contribution in [2.24, 2.45) is 7.05 Å². The molecule has 5 heteroatoms. The van der Waals surface area contributed by atoms with E-state index in [0.717, 1.165) is 24.4 Å². The van der Waals surface area contributed by atoms with Gasteiger partial charge in [0.15, 0.2) is 0 Å². The number of aryl methyl sites for hydroxylation is 1. The predicted octanol–water partition coefficient (Wildman–Crippen LogP) is 0.544. The molecule has 14 heavy (non-hydrogen) atoms. The summed E-state index contributed by atoms with van der Waals surface area (Å²) in [7, 11) is 1.94. The zero-order chi connectivity index (χ0) is 10.1. The number of rotatable bonds is 1. The standard InChI is InChI=1S/C9H12ClN3O/c1-12-6-11-7-2-3-13(5-8(7)12)9(14)4-10/h6H,2-5H2,1H3. The van der Waals surface area contributed by atoms with Gasteiger partial charge < -0.3 is 9.47 Å². The molecule has 0 atom stereocenters. The molecule has 0 N–H and O–H groups in total. The van der Waals surface area contributed by atoms with Crippen LogP contribution in [-0.2, 0) is 24.8 Å². The molecule has 1 aromatic heterocycles. The first-order valence-electron chi connectivity index (χ1n) is 4.55. The van der Waals surface area contributed by atoms with Gasteiger partial charge in [0.05, 0.1) is 24.3 Å². The van der Waals surface area contributed by atoms with Crippen LogP contribution in [0.15, 0.2) is 6.33 Å². The second-order valence-corrected chi connectivity index (χ2v) is 3.72. The maximum absolute atomic E-state index is 11.4. The lowest BCUT2D eigenvalue weighted by Crippen LogP contribution is -2.37. The van der Waals surface area contributed by atoms with Gasteiger partial charge in [-0.1, -0.05) is 0 Å². The van der Waals surface area contributed by atoms with Crippen molar-refractivity contribution >= 4 is 17.5 Å². The summed E-state index contributed by atoms with van der Waals surface area (Å²) in [4.78, 5) is 17.4. The fraction of sp³-hybridized carbons (Fsp3) is 0.556. The molecule has 0 radical (unpaired) electrons. The van der Waals surface area contributed by atoms with E-state index in [0.29, 0.717) is 6.54 Å². The number of nitrogens with zero attached hydrogens (tertiary/aromatic N) is 3. The van der Waals surface area contributed by atoms with Gasteiger partial charge in [-0.3, -0.25) is 4.79 Å². The van der Waals surface area contributed by atoms with Crippen molar-refractivity contribution in [2.75, 3.05) is 12.4 Å². The van der Waals surface area contributed by atoms with Crippen LogP contribution in [0.5, 0.6) is 0 Å². The van der Waals surface area contributed by atoms with E-state index in [1.807, 2.05) is 11.6 Å². The largest absolute Gasteiger partial charge is 0.336 e. The van der Waals surface area contributed by atoms with Gasteiger partial charge in [-0.05, 0) is 0 Å². The molecule has 0 saturated heterocycles. The molecule has 1 amide bonds. The minimum Gasteiger partial charge on any atom is -0.336 e. The molecule has 0 saturated carbocycles. The van der Waals surface area contributed by atoms with Crippen molar-refractivity contribution in [3.63, 3.8) is 0 Å². The summed E-state index contributed by atoms with van der Waals surface area (Å²) in [5, 5.41) is 0. The van der Waals surface area contributed by atoms with Gasteiger partial charge in [0.25, 0.3) is 0 Å². The Hall–Kier alpha value is -1.03. The van der Waals surface area contributed by atoms with Crippen LogP contribution in [0.3, 0.4) is 0 Å². The molecule has 0 bridgehead atoms. The lowest BCUT2D eigenvalue weighted by Gasteiger charge is -2.26. The van der Waals surface area contributed by atoms with Crippen LogP contribution >= 0.6 is 11.6 Å². The molecule has 0 spiro atoms. The molecule has 0 fully saturated rings. The first-order chi connectivity index (χ1) is 6.72. The maximum atomic E-state index is 11.4. The van der Waals surface area contributed by atoms with Crippen LogP contribution in [0.4, 0.5) is 0 Å². The van der Waals surface area contributed by atoms with Crippen LogP contribution in [0, 0.1) is 0 Å². The number of halogens is 1. The monoisotopic (exact) mass is 213 g/mol. The Labute approximate surface area is 87.5 Å². The van der Waals surface area contributed by atoms with Crippen LogP contribution in [0.2, 0.25) is 0 Å². The van der Waals surface area contributed by atoms with Crippen molar-refractivity contribution in [1.29, 1.82) is 0 Å². The van der Waals surface area contributed by atoms with Gasteiger partial charge in [0, 0.05) is 20.0 Å². The van der Waals surface area contributed by atoms with Gasteiger partial charge in [0.2, 0.25) is 5.91 Å². The summed E-state index contributed by atoms with van der Waals surface area (Å²) in [6.45, 7) is 1.37. The summed E-state index contributed by atoms with van der Waals surface area (Å²) < 4.78 is 1.96. The molecule has 4 nitrogen and oxygen atoms in total. The highest BCUT2D eigenvalue weighted by Crippen LogP contribution is 2.16. The summed E-state index contributed by atoms with van der Waals surface area (Å²) >= 11 is 5.51. The van der Waals surface area contributed by atoms with Gasteiger partial charge in [-0.2, -0.15) is 0 Å². The average molecular weight is 214 g/mol. The summed E-state index contributed by atoms with van der Waals surface area (Å²) in [5.74, 6) is 0.0613. The van der Waals surface area contributed by atoms with Crippen LogP contribution in [0.1, 0.15) is 11.4 Å². The van der Waals surface area contributed by atoms with E-state index >= 15 is 0 Å². The normalized spacial score (nSPS) is 15.4. The molecule has 0 aliphatic carbocycles. The van der Waals surface area contributed by atoms with Crippen molar-refractivity contribution in [3.8, 4) is 0 Å². The first-order valence-corrected chi connectivity index (χ1v) is 5.08. The summed E-state index contributed by atoms with van der Waals surface area (Å²) in [5.41, 5.74) is 2.22. The van der Waals surface area contributed by atoms with Crippen molar-refractivity contribution in [1.82, 2.24) is 14.5 Å². The molecule has 76 valence electrons. The highest BCUT2D eigenvalue weighted by molar-refractivity contribution is 6.27. The first kappa shape index (κ1) is 9.52. The summed E-state index contributed by atoms with van der Waals surface area (Å²) in [6.07, 6.45) is 2.62. The number of carbonyl (C=O) groups excluding carboxylic acids is 1. The molecule has 0 unspecified atom stereocenters. The second-order valence-electron chi connectivity index (χ2n) is 3.45. The summed E-state index contributed by atoms with van der Waals surface area (Å²) in [6, 6.07) is 0. The van der Waals surface area contributed by atoms with E-state index in [-0.39, 0.29) is 11.8 Å². The van der Waals surface area contributed by atoms with Gasteiger partial charge in [0.1, 0.15) is 5.88 Å². The zero-order valence-electron chi connectivity index (χ0n) is 8.03. The van der Waals surface area contributed by atoms with E-state index < -0.39 is 0 Å². The number of imidazole rings is 1. The van der Waals surface area contributed by atoms with Crippen molar-refractivity contribution in [2.45, 2.75) is 13.0 Å². The third-order valence-electron chi connectivity index (χ3n) is 2.57. The van der Waals surface area contributed by atoms with Gasteiger partial charge in [-0.25, -0.2) is 4.98 Å². The average Bonchev–Trinajstić information content (AvgIpc) is 2.59. The molecular weight excluding hydrogens is 202 g/mol. The number of amides is 1. The fourth-order valence-electron chi connectivity index (χ4n) is 1.71. The SMILES string of the molecule is Cn1cnc2c1CN(C(=O)CCl)CC2. The minimum absolute atomic E-state index is 0.00137. The Balaban J connectivity index is 2.20. The number of aromatic nitrogens is 2. The Kier molecular flexibility index (Phi) is 2.46. The van der Waals surface area contributed by atoms with Gasteiger partial charge in [-0.15, -0.1) is 11.6 Å². The molecular formula is C9H12ClN3O. The van der Waals surface area contributed by atoms with Crippen LogP contribution < -0.4 is 0 Å². The third kappa shape index (κ3) is 1.50. The second kappa shape index (κ2) is 3.61. The van der Waals surface area contributed by atoms with E-state index in [2.05, 4.69) is 4.98 Å². The van der Waals surface area contributed by atoms with Gasteiger partial charge >= 0.3 is 0 Å². The van der Waals surface area contributed by atoms with Crippen molar-refractivity contribution < 1.29 is 4.79 Å². The molecule has 1 aliphatic rings. The number of hydrogen-bond acceptors (Lipinski definition) is 2. The zero-order valence-corrected chi connectivity index (χ0v) is 8.79. The quantitative estimate of drug-likeness (QED) is 0.639. The number of alkyl halides is 1. The molecule has 0 aromatic carbocycles.